The van der Waals surface area contributed by atoms with E-state index in [1.807, 2.05) is 24.3 Å². The van der Waals surface area contributed by atoms with Gasteiger partial charge in [-0.25, -0.2) is 4.72 Å². The van der Waals surface area contributed by atoms with Crippen molar-refractivity contribution in [2.24, 2.45) is 5.41 Å². The molecule has 4 amide bonds. The van der Waals surface area contributed by atoms with Gasteiger partial charge in [-0.3, -0.25) is 19.2 Å². The maximum absolute atomic E-state index is 14.7. The van der Waals surface area contributed by atoms with Crippen LogP contribution in [0.2, 0.25) is 0 Å². The van der Waals surface area contributed by atoms with Crippen molar-refractivity contribution in [2.75, 3.05) is 62.5 Å². The molecule has 0 bridgehead atoms. The first kappa shape index (κ1) is 35.4. The number of rotatable bonds is 6. The Labute approximate surface area is 293 Å². The number of methoxy groups -OCH3 is 1. The topological polar surface area (TPSA) is 142 Å². The number of nitrogens with zero attached hydrogens (tertiary/aromatic N) is 5. The molecule has 6 rings (SSSR count). The van der Waals surface area contributed by atoms with Crippen LogP contribution in [0.25, 0.3) is 22.2 Å². The van der Waals surface area contributed by atoms with Gasteiger partial charge in [0.15, 0.2) is 0 Å². The molecule has 3 aromatic rings. The molecule has 2 aromatic carbocycles. The first-order chi connectivity index (χ1) is 23.6. The molecule has 1 aliphatic carbocycles. The fourth-order valence-corrected chi connectivity index (χ4v) is 8.71. The molecule has 0 radical (unpaired) electrons. The lowest BCUT2D eigenvalue weighted by atomic mass is 9.72. The summed E-state index contributed by atoms with van der Waals surface area (Å²) in [6, 6.07) is 11.1. The molecule has 268 valence electrons. The van der Waals surface area contributed by atoms with Gasteiger partial charge in [-0.05, 0) is 60.2 Å². The molecule has 0 spiro atoms. The summed E-state index contributed by atoms with van der Waals surface area (Å²) in [7, 11) is 6.65. The molecular weight excluding hydrogens is 660 g/mol. The van der Waals surface area contributed by atoms with E-state index in [0.29, 0.717) is 11.3 Å². The maximum atomic E-state index is 14.7. The summed E-state index contributed by atoms with van der Waals surface area (Å²) < 4.78 is 36.1. The van der Waals surface area contributed by atoms with Crippen molar-refractivity contribution in [1.29, 1.82) is 0 Å². The summed E-state index contributed by atoms with van der Waals surface area (Å²) in [6.07, 6.45) is 5.29. The Bertz CT molecular complexity index is 2000. The standard InChI is InChI=1S/C36H46N6O7S/c1-38(2)33(44)34(45)41-19-28-27-18-24(49-7)14-16-25(27)31-30(22-11-9-8-10-12-22)26-15-13-23(32(43)37-50(47,48)40(5)6)17-29(26)42(31)21-36(28,20-41)35(46)39(3)4/h13-18,22,28H,8-12,19-21H2,1-7H3,(H,37,43). The van der Waals surface area contributed by atoms with Crippen LogP contribution in [0.3, 0.4) is 0 Å². The molecule has 14 heteroatoms. The zero-order valence-electron chi connectivity index (χ0n) is 29.8. The van der Waals surface area contributed by atoms with Crippen LogP contribution in [0.5, 0.6) is 5.75 Å². The van der Waals surface area contributed by atoms with Crippen LogP contribution in [0.15, 0.2) is 36.4 Å². The van der Waals surface area contributed by atoms with Crippen molar-refractivity contribution in [3.8, 4) is 17.0 Å². The third kappa shape index (κ3) is 5.81. The predicted molar refractivity (Wildman–Crippen MR) is 189 cm³/mol. The monoisotopic (exact) mass is 706 g/mol. The Morgan fingerprint density at radius 1 is 0.900 bits per heavy atom. The van der Waals surface area contributed by atoms with Crippen LogP contribution in [-0.2, 0) is 31.1 Å². The SMILES string of the molecule is COc1ccc2c(c1)C1CN(C(=O)C(=O)N(C)C)CC1(C(=O)N(C)C)Cn1c-2c(C2CCCCC2)c2ccc(C(=O)NS(=O)(=O)N(C)C)cc21. The smallest absolute Gasteiger partial charge is 0.312 e. The molecule has 50 heavy (non-hydrogen) atoms. The number of fused-ring (bicyclic) bond motifs is 7. The van der Waals surface area contributed by atoms with Crippen LogP contribution < -0.4 is 9.46 Å². The second-order valence-electron chi connectivity index (χ2n) is 14.4. The minimum atomic E-state index is -4.05. The highest BCUT2D eigenvalue weighted by Crippen LogP contribution is 2.55. The Hall–Kier alpha value is -4.43. The van der Waals surface area contributed by atoms with Crippen molar-refractivity contribution in [2.45, 2.75) is 50.5 Å². The summed E-state index contributed by atoms with van der Waals surface area (Å²) in [4.78, 5) is 58.9. The molecule has 1 N–H and O–H groups in total. The van der Waals surface area contributed by atoms with E-state index in [2.05, 4.69) is 9.29 Å². The lowest BCUT2D eigenvalue weighted by Gasteiger charge is -2.35. The van der Waals surface area contributed by atoms with E-state index in [1.54, 1.807) is 33.3 Å². The number of likely N-dealkylation sites (tertiary alicyclic amines) is 1. The van der Waals surface area contributed by atoms with Crippen molar-refractivity contribution in [1.82, 2.24) is 28.3 Å². The quantitative estimate of drug-likeness (QED) is 0.389. The molecule has 13 nitrogen and oxygen atoms in total. The normalized spacial score (nSPS) is 20.5. The zero-order valence-corrected chi connectivity index (χ0v) is 30.6. The number of hydrogen-bond acceptors (Lipinski definition) is 7. The first-order valence-corrected chi connectivity index (χ1v) is 18.4. The Balaban J connectivity index is 1.65. The van der Waals surface area contributed by atoms with Crippen LogP contribution in [0, 0.1) is 5.41 Å². The van der Waals surface area contributed by atoms with Crippen molar-refractivity contribution in [3.05, 3.63) is 53.1 Å². The summed E-state index contributed by atoms with van der Waals surface area (Å²) >= 11 is 0. The van der Waals surface area contributed by atoms with E-state index in [0.717, 1.165) is 64.2 Å². The average molecular weight is 707 g/mol. The van der Waals surface area contributed by atoms with Gasteiger partial charge in [0.1, 0.15) is 5.75 Å². The van der Waals surface area contributed by atoms with E-state index >= 15 is 0 Å². The third-order valence-electron chi connectivity index (χ3n) is 10.7. The molecule has 2 fully saturated rings. The predicted octanol–water partition coefficient (Wildman–Crippen LogP) is 3.00. The van der Waals surface area contributed by atoms with Gasteiger partial charge < -0.3 is 24.0 Å². The van der Waals surface area contributed by atoms with Crippen LogP contribution >= 0.6 is 0 Å². The van der Waals surface area contributed by atoms with Gasteiger partial charge in [0.2, 0.25) is 5.91 Å². The second-order valence-corrected chi connectivity index (χ2v) is 16.3. The average Bonchev–Trinajstić information content (AvgIpc) is 3.60. The van der Waals surface area contributed by atoms with Crippen molar-refractivity contribution >= 4 is 44.7 Å². The van der Waals surface area contributed by atoms with E-state index < -0.39 is 39.3 Å². The Morgan fingerprint density at radius 3 is 2.22 bits per heavy atom. The van der Waals surface area contributed by atoms with Crippen LogP contribution in [0.1, 0.15) is 65.4 Å². The van der Waals surface area contributed by atoms with E-state index in [-0.39, 0.29) is 37.0 Å². The molecule has 2 aliphatic heterocycles. The van der Waals surface area contributed by atoms with Gasteiger partial charge in [0, 0.05) is 89.9 Å². The minimum absolute atomic E-state index is 0.00285. The van der Waals surface area contributed by atoms with Crippen molar-refractivity contribution < 1.29 is 32.3 Å². The summed E-state index contributed by atoms with van der Waals surface area (Å²) in [6.45, 7) is 0.309. The van der Waals surface area contributed by atoms with Gasteiger partial charge in [-0.1, -0.05) is 25.3 Å². The molecule has 1 saturated heterocycles. The second kappa shape index (κ2) is 13.0. The summed E-state index contributed by atoms with van der Waals surface area (Å²) in [5.74, 6) is -1.98. The molecule has 3 aliphatic rings. The van der Waals surface area contributed by atoms with Gasteiger partial charge in [0.25, 0.3) is 5.91 Å². The number of carbonyl (C=O) groups is 4. The number of nitrogens with one attached hydrogen (secondary N) is 1. The molecule has 3 heterocycles. The maximum Gasteiger partial charge on any atom is 0.312 e. The summed E-state index contributed by atoms with van der Waals surface area (Å²) in [5, 5.41) is 0.931. The lowest BCUT2D eigenvalue weighted by molar-refractivity contribution is -0.150. The highest BCUT2D eigenvalue weighted by molar-refractivity contribution is 7.87. The van der Waals surface area contributed by atoms with Crippen LogP contribution in [0.4, 0.5) is 0 Å². The number of aromatic nitrogens is 1. The number of ether oxygens (including phenoxy) is 1. The number of likely N-dealkylation sites (N-methyl/N-ethyl adjacent to an activating group) is 1. The fourth-order valence-electron chi connectivity index (χ4n) is 8.18. The fraction of sp³-hybridized carbons (Fsp3) is 0.500. The lowest BCUT2D eigenvalue weighted by Crippen LogP contribution is -2.49. The van der Waals surface area contributed by atoms with Gasteiger partial charge in [-0.15, -0.1) is 0 Å². The third-order valence-corrected chi connectivity index (χ3v) is 12.1. The summed E-state index contributed by atoms with van der Waals surface area (Å²) in [5.41, 5.74) is 3.49. The van der Waals surface area contributed by atoms with E-state index in [4.69, 9.17) is 4.74 Å². The molecular formula is C36H46N6O7S. The van der Waals surface area contributed by atoms with Gasteiger partial charge >= 0.3 is 22.0 Å². The number of hydrogen-bond donors (Lipinski definition) is 1. The molecule has 1 aromatic heterocycles. The van der Waals surface area contributed by atoms with E-state index in [9.17, 15) is 27.6 Å². The molecule has 2 unspecified atom stereocenters. The van der Waals surface area contributed by atoms with Gasteiger partial charge in [-0.2, -0.15) is 12.7 Å². The Kier molecular flexibility index (Phi) is 9.23. The van der Waals surface area contributed by atoms with Crippen molar-refractivity contribution in [3.63, 3.8) is 0 Å². The highest BCUT2D eigenvalue weighted by Gasteiger charge is 2.57. The minimum Gasteiger partial charge on any atom is -0.497 e. The largest absolute Gasteiger partial charge is 0.497 e. The first-order valence-electron chi connectivity index (χ1n) is 16.9. The number of amides is 4. The van der Waals surface area contributed by atoms with Crippen LogP contribution in [-0.4, -0.2) is 118 Å². The number of benzene rings is 2. The molecule has 1 saturated carbocycles. The number of carbonyl (C=O) groups excluding carboxylic acids is 4. The van der Waals surface area contributed by atoms with E-state index in [1.165, 1.54) is 42.9 Å². The highest BCUT2D eigenvalue weighted by atomic mass is 32.2. The Morgan fingerprint density at radius 2 is 1.60 bits per heavy atom. The molecule has 2 atom stereocenters. The van der Waals surface area contributed by atoms with Gasteiger partial charge in [0.05, 0.1) is 18.2 Å². The zero-order chi connectivity index (χ0) is 36.3.